The van der Waals surface area contributed by atoms with Gasteiger partial charge >= 0.3 is 0 Å². The summed E-state index contributed by atoms with van der Waals surface area (Å²) in [5.74, 6) is -0.169. The number of fused-ring (bicyclic) bond motifs is 3. The molecule has 0 aromatic carbocycles. The maximum Gasteiger partial charge on any atom is 0.248 e. The second-order valence-electron chi connectivity index (χ2n) is 7.27. The Balaban J connectivity index is 1.64. The zero-order valence-corrected chi connectivity index (χ0v) is 16.3. The highest BCUT2D eigenvalue weighted by molar-refractivity contribution is 6.31. The Labute approximate surface area is 164 Å². The number of amides is 1. The Kier molecular flexibility index (Phi) is 4.89. The highest BCUT2D eigenvalue weighted by Crippen LogP contribution is 2.43. The molecular formula is C21H23ClN4O. The molecule has 0 saturated heterocycles. The summed E-state index contributed by atoms with van der Waals surface area (Å²) >= 11 is 6.40. The fraction of sp³-hybridized carbons (Fsp3) is 0.333. The molecule has 27 heavy (non-hydrogen) atoms. The van der Waals surface area contributed by atoms with Gasteiger partial charge in [0.15, 0.2) is 0 Å². The lowest BCUT2D eigenvalue weighted by Crippen LogP contribution is -2.33. The normalized spacial score (nSPS) is 25.0. The minimum absolute atomic E-state index is 0.0324. The van der Waals surface area contributed by atoms with Crippen molar-refractivity contribution in [1.29, 1.82) is 0 Å². The van der Waals surface area contributed by atoms with Crippen LogP contribution in [0.1, 0.15) is 6.42 Å². The van der Waals surface area contributed by atoms with Gasteiger partial charge in [0.1, 0.15) is 0 Å². The molecule has 0 aromatic rings. The first kappa shape index (κ1) is 18.0. The SMILES string of the molecule is CN(C)CCCNC(=O)C1=CC2=C3C=CC=C(Cl)C3NC2=C2N=CC=CC12. The molecule has 5 nitrogen and oxygen atoms in total. The lowest BCUT2D eigenvalue weighted by Gasteiger charge is -2.26. The van der Waals surface area contributed by atoms with Gasteiger partial charge in [0.2, 0.25) is 5.91 Å². The number of carbonyl (C=O) groups is 1. The van der Waals surface area contributed by atoms with Crippen molar-refractivity contribution in [3.05, 3.63) is 69.6 Å². The van der Waals surface area contributed by atoms with E-state index in [1.54, 1.807) is 6.21 Å². The minimum atomic E-state index is -0.136. The zero-order valence-electron chi connectivity index (χ0n) is 15.5. The molecule has 0 aromatic heterocycles. The van der Waals surface area contributed by atoms with Crippen molar-refractivity contribution >= 4 is 23.7 Å². The number of allylic oxidation sites excluding steroid dienone is 5. The Hall–Kier alpha value is -2.37. The third-order valence-corrected chi connectivity index (χ3v) is 5.45. The highest BCUT2D eigenvalue weighted by atomic mass is 35.5. The molecule has 2 N–H and O–H groups in total. The van der Waals surface area contributed by atoms with Gasteiger partial charge in [-0.15, -0.1) is 0 Å². The zero-order chi connectivity index (χ0) is 19.0. The van der Waals surface area contributed by atoms with Gasteiger partial charge in [-0.2, -0.15) is 0 Å². The average Bonchev–Trinajstić information content (AvgIpc) is 3.05. The van der Waals surface area contributed by atoms with E-state index in [1.807, 2.05) is 44.5 Å². The largest absolute Gasteiger partial charge is 0.371 e. The molecule has 2 unspecified atom stereocenters. The van der Waals surface area contributed by atoms with Gasteiger partial charge in [-0.1, -0.05) is 29.8 Å². The number of hydrogen-bond acceptors (Lipinski definition) is 4. The third kappa shape index (κ3) is 3.33. The molecule has 4 aliphatic rings. The summed E-state index contributed by atoms with van der Waals surface area (Å²) in [6.45, 7) is 1.60. The van der Waals surface area contributed by atoms with Crippen molar-refractivity contribution in [3.8, 4) is 0 Å². The summed E-state index contributed by atoms with van der Waals surface area (Å²) in [6.07, 6.45) is 14.5. The van der Waals surface area contributed by atoms with Crippen molar-refractivity contribution in [3.63, 3.8) is 0 Å². The van der Waals surface area contributed by atoms with Crippen LogP contribution in [0.2, 0.25) is 0 Å². The van der Waals surface area contributed by atoms with Gasteiger partial charge in [0.25, 0.3) is 0 Å². The molecule has 4 rings (SSSR count). The predicted octanol–water partition coefficient (Wildman–Crippen LogP) is 2.42. The number of halogens is 1. The van der Waals surface area contributed by atoms with Crippen molar-refractivity contribution in [2.75, 3.05) is 27.2 Å². The number of rotatable bonds is 5. The summed E-state index contributed by atoms with van der Waals surface area (Å²) in [5, 5.41) is 7.30. The van der Waals surface area contributed by atoms with E-state index >= 15 is 0 Å². The first-order valence-corrected chi connectivity index (χ1v) is 9.58. The van der Waals surface area contributed by atoms with Gasteiger partial charge in [-0.05, 0) is 50.9 Å². The smallest absolute Gasteiger partial charge is 0.248 e. The highest BCUT2D eigenvalue weighted by Gasteiger charge is 2.38. The van der Waals surface area contributed by atoms with E-state index < -0.39 is 0 Å². The quantitative estimate of drug-likeness (QED) is 0.718. The average molecular weight is 383 g/mol. The molecule has 2 aliphatic heterocycles. The van der Waals surface area contributed by atoms with E-state index in [4.69, 9.17) is 11.6 Å². The number of carbonyl (C=O) groups excluding carboxylic acids is 1. The number of dihydropyridines is 1. The van der Waals surface area contributed by atoms with Gasteiger partial charge in [-0.3, -0.25) is 9.79 Å². The van der Waals surface area contributed by atoms with E-state index in [0.717, 1.165) is 46.1 Å². The van der Waals surface area contributed by atoms with E-state index in [9.17, 15) is 4.79 Å². The molecule has 0 fully saturated rings. The van der Waals surface area contributed by atoms with Crippen LogP contribution in [-0.4, -0.2) is 50.2 Å². The van der Waals surface area contributed by atoms with Crippen LogP contribution in [0.5, 0.6) is 0 Å². The lowest BCUT2D eigenvalue weighted by molar-refractivity contribution is -0.117. The van der Waals surface area contributed by atoms with Crippen molar-refractivity contribution < 1.29 is 4.79 Å². The van der Waals surface area contributed by atoms with Gasteiger partial charge in [-0.25, -0.2) is 0 Å². The molecule has 2 atom stereocenters. The number of nitrogens with zero attached hydrogens (tertiary/aromatic N) is 2. The van der Waals surface area contributed by atoms with E-state index in [2.05, 4.69) is 26.6 Å². The lowest BCUT2D eigenvalue weighted by atomic mass is 9.83. The summed E-state index contributed by atoms with van der Waals surface area (Å²) in [6, 6.07) is -0.0605. The van der Waals surface area contributed by atoms with E-state index in [1.165, 1.54) is 0 Å². The molecular weight excluding hydrogens is 360 g/mol. The van der Waals surface area contributed by atoms with Crippen LogP contribution in [0.15, 0.2) is 74.6 Å². The van der Waals surface area contributed by atoms with Gasteiger partial charge in [0, 0.05) is 28.9 Å². The minimum Gasteiger partial charge on any atom is -0.371 e. The predicted molar refractivity (Wildman–Crippen MR) is 109 cm³/mol. The van der Waals surface area contributed by atoms with Crippen LogP contribution in [0.25, 0.3) is 0 Å². The summed E-state index contributed by atoms with van der Waals surface area (Å²) < 4.78 is 0. The summed E-state index contributed by atoms with van der Waals surface area (Å²) in [7, 11) is 4.06. The standard InChI is InChI=1S/C21H23ClN4O/c1-26(2)11-5-10-24-21(27)16-12-15-13-6-3-8-17(22)18(13)25-20(15)19-14(16)7-4-9-23-19/h3-4,6-9,12,14,18,25H,5,10-11H2,1-2H3,(H,24,27). The summed E-state index contributed by atoms with van der Waals surface area (Å²) in [5.41, 5.74) is 4.69. The van der Waals surface area contributed by atoms with Crippen LogP contribution >= 0.6 is 11.6 Å². The second kappa shape index (κ2) is 7.33. The van der Waals surface area contributed by atoms with Gasteiger partial charge in [0.05, 0.1) is 23.4 Å². The molecule has 0 radical (unpaired) electrons. The molecule has 6 heteroatoms. The van der Waals surface area contributed by atoms with Crippen molar-refractivity contribution in [2.24, 2.45) is 10.9 Å². The fourth-order valence-corrected chi connectivity index (χ4v) is 4.03. The number of aliphatic imine (C=N–C) groups is 1. The first-order chi connectivity index (χ1) is 13.1. The molecule has 140 valence electrons. The Morgan fingerprint density at radius 2 is 2.22 bits per heavy atom. The molecule has 1 amide bonds. The van der Waals surface area contributed by atoms with Crippen LogP contribution in [0, 0.1) is 5.92 Å². The number of hydrogen-bond donors (Lipinski definition) is 2. The Bertz CT molecular complexity index is 886. The van der Waals surface area contributed by atoms with Crippen molar-refractivity contribution in [1.82, 2.24) is 15.5 Å². The maximum absolute atomic E-state index is 12.9. The first-order valence-electron chi connectivity index (χ1n) is 9.20. The molecule has 2 heterocycles. The van der Waals surface area contributed by atoms with Crippen LogP contribution in [0.4, 0.5) is 0 Å². The second-order valence-corrected chi connectivity index (χ2v) is 7.71. The fourth-order valence-electron chi connectivity index (χ4n) is 3.79. The molecule has 0 saturated carbocycles. The van der Waals surface area contributed by atoms with Crippen molar-refractivity contribution in [2.45, 2.75) is 12.5 Å². The Morgan fingerprint density at radius 3 is 3.04 bits per heavy atom. The molecule has 0 bridgehead atoms. The van der Waals surface area contributed by atoms with E-state index in [0.29, 0.717) is 6.54 Å². The van der Waals surface area contributed by atoms with Crippen LogP contribution in [-0.2, 0) is 4.79 Å². The number of nitrogens with one attached hydrogen (secondary N) is 2. The Morgan fingerprint density at radius 1 is 1.37 bits per heavy atom. The van der Waals surface area contributed by atoms with Crippen LogP contribution < -0.4 is 10.6 Å². The topological polar surface area (TPSA) is 56.7 Å². The van der Waals surface area contributed by atoms with E-state index in [-0.39, 0.29) is 17.9 Å². The molecule has 0 spiro atoms. The maximum atomic E-state index is 12.9. The van der Waals surface area contributed by atoms with Crippen LogP contribution in [0.3, 0.4) is 0 Å². The third-order valence-electron chi connectivity index (χ3n) is 5.11. The molecule has 2 aliphatic carbocycles. The monoisotopic (exact) mass is 382 g/mol. The summed E-state index contributed by atoms with van der Waals surface area (Å²) in [4.78, 5) is 19.6. The van der Waals surface area contributed by atoms with Gasteiger partial charge < -0.3 is 15.5 Å².